The molecule has 0 spiro atoms. The Labute approximate surface area is 126 Å². The van der Waals surface area contributed by atoms with Crippen molar-refractivity contribution in [2.45, 2.75) is 51.5 Å². The van der Waals surface area contributed by atoms with Crippen LogP contribution in [-0.4, -0.2) is 31.1 Å². The van der Waals surface area contributed by atoms with Crippen LogP contribution in [0.1, 0.15) is 45.4 Å². The van der Waals surface area contributed by atoms with Gasteiger partial charge in [-0.15, -0.1) is 0 Å². The van der Waals surface area contributed by atoms with Gasteiger partial charge in [0, 0.05) is 0 Å². The molecule has 0 aromatic rings. The van der Waals surface area contributed by atoms with Crippen LogP contribution in [0.25, 0.3) is 0 Å². The van der Waals surface area contributed by atoms with E-state index in [1.165, 1.54) is 19.3 Å². The Bertz CT molecular complexity index is 400. The number of hydrogen-bond acceptors (Lipinski definition) is 4. The molecule has 0 aromatic heterocycles. The molecule has 4 aliphatic rings. The predicted octanol–water partition coefficient (Wildman–Crippen LogP) is 1.21. The van der Waals surface area contributed by atoms with Crippen LogP contribution in [0, 0.1) is 23.2 Å². The number of rotatable bonds is 6. The molecule has 0 heterocycles. The molecule has 4 bridgehead atoms. The Balaban J connectivity index is 1.71. The second-order valence-electron chi connectivity index (χ2n) is 7.30. The monoisotopic (exact) mass is 294 g/mol. The Hall–Kier alpha value is -1.10. The second kappa shape index (κ2) is 5.59. The van der Waals surface area contributed by atoms with Gasteiger partial charge in [0.15, 0.2) is 0 Å². The van der Waals surface area contributed by atoms with Crippen LogP contribution < -0.4 is 11.1 Å². The molecule has 5 nitrogen and oxygen atoms in total. The zero-order valence-electron chi connectivity index (χ0n) is 12.8. The summed E-state index contributed by atoms with van der Waals surface area (Å²) in [6.45, 7) is 2.21. The molecule has 0 saturated heterocycles. The fourth-order valence-electron chi connectivity index (χ4n) is 5.55. The zero-order chi connectivity index (χ0) is 15.0. The highest BCUT2D eigenvalue weighted by molar-refractivity contribution is 5.82. The molecule has 3 N–H and O–H groups in total. The van der Waals surface area contributed by atoms with Crippen LogP contribution in [0.5, 0.6) is 0 Å². The maximum Gasteiger partial charge on any atom is 0.319 e. The van der Waals surface area contributed by atoms with Crippen molar-refractivity contribution < 1.29 is 14.3 Å². The van der Waals surface area contributed by atoms with E-state index in [-0.39, 0.29) is 23.8 Å². The lowest BCUT2D eigenvalue weighted by Crippen LogP contribution is -2.61. The molecule has 0 aromatic carbocycles. The van der Waals surface area contributed by atoms with E-state index < -0.39 is 6.04 Å². The van der Waals surface area contributed by atoms with Crippen molar-refractivity contribution in [3.8, 4) is 0 Å². The van der Waals surface area contributed by atoms with Gasteiger partial charge in [0.2, 0.25) is 5.91 Å². The molecule has 5 heteroatoms. The van der Waals surface area contributed by atoms with Gasteiger partial charge in [0.1, 0.15) is 0 Å². The van der Waals surface area contributed by atoms with Crippen molar-refractivity contribution in [1.29, 1.82) is 0 Å². The molecule has 1 amide bonds. The SMILES string of the molecule is CCOC(=O)CNC(C(N)=O)C12CC3CC(CC(C3)C1)C2. The summed E-state index contributed by atoms with van der Waals surface area (Å²) < 4.78 is 4.94. The third-order valence-corrected chi connectivity index (χ3v) is 5.74. The first kappa shape index (κ1) is 14.8. The van der Waals surface area contributed by atoms with E-state index in [0.29, 0.717) is 6.61 Å². The van der Waals surface area contributed by atoms with Crippen LogP contribution in [0.15, 0.2) is 0 Å². The zero-order valence-corrected chi connectivity index (χ0v) is 12.8. The average Bonchev–Trinajstić information content (AvgIpc) is 2.36. The summed E-state index contributed by atoms with van der Waals surface area (Å²) in [4.78, 5) is 23.6. The molecule has 4 rings (SSSR count). The van der Waals surface area contributed by atoms with Crippen molar-refractivity contribution in [2.75, 3.05) is 13.2 Å². The van der Waals surface area contributed by atoms with Crippen molar-refractivity contribution in [3.63, 3.8) is 0 Å². The van der Waals surface area contributed by atoms with Gasteiger partial charge in [-0.3, -0.25) is 14.9 Å². The third kappa shape index (κ3) is 2.80. The van der Waals surface area contributed by atoms with E-state index in [4.69, 9.17) is 10.5 Å². The number of amides is 1. The minimum Gasteiger partial charge on any atom is -0.465 e. The van der Waals surface area contributed by atoms with E-state index in [0.717, 1.165) is 37.0 Å². The van der Waals surface area contributed by atoms with E-state index in [1.807, 2.05) is 0 Å². The smallest absolute Gasteiger partial charge is 0.319 e. The lowest BCUT2D eigenvalue weighted by atomic mass is 9.47. The largest absolute Gasteiger partial charge is 0.465 e. The molecule has 118 valence electrons. The fourth-order valence-corrected chi connectivity index (χ4v) is 5.55. The summed E-state index contributed by atoms with van der Waals surface area (Å²) in [6, 6.07) is -0.393. The molecule has 0 radical (unpaired) electrons. The molecule has 1 atom stereocenters. The molecule has 1 unspecified atom stereocenters. The molecular formula is C16H26N2O3. The van der Waals surface area contributed by atoms with Crippen LogP contribution in [0.4, 0.5) is 0 Å². The van der Waals surface area contributed by atoms with E-state index in [2.05, 4.69) is 5.32 Å². The van der Waals surface area contributed by atoms with Gasteiger partial charge in [0.25, 0.3) is 0 Å². The summed E-state index contributed by atoms with van der Waals surface area (Å²) in [6.07, 6.45) is 7.22. The molecule has 4 saturated carbocycles. The minimum absolute atomic E-state index is 0.0208. The fraction of sp³-hybridized carbons (Fsp3) is 0.875. The number of primary amides is 1. The second-order valence-corrected chi connectivity index (χ2v) is 7.30. The summed E-state index contributed by atoms with van der Waals surface area (Å²) in [5, 5.41) is 3.11. The summed E-state index contributed by atoms with van der Waals surface area (Å²) >= 11 is 0. The number of nitrogens with one attached hydrogen (secondary N) is 1. The number of esters is 1. The number of carbonyl (C=O) groups is 2. The third-order valence-electron chi connectivity index (χ3n) is 5.74. The van der Waals surface area contributed by atoms with E-state index in [9.17, 15) is 9.59 Å². The van der Waals surface area contributed by atoms with Gasteiger partial charge >= 0.3 is 5.97 Å². The highest BCUT2D eigenvalue weighted by Gasteiger charge is 2.55. The van der Waals surface area contributed by atoms with Gasteiger partial charge in [-0.1, -0.05) is 0 Å². The summed E-state index contributed by atoms with van der Waals surface area (Å²) in [5.41, 5.74) is 5.64. The topological polar surface area (TPSA) is 81.4 Å². The Morgan fingerprint density at radius 2 is 1.71 bits per heavy atom. The van der Waals surface area contributed by atoms with Crippen molar-refractivity contribution in [2.24, 2.45) is 28.9 Å². The summed E-state index contributed by atoms with van der Waals surface area (Å²) in [5.74, 6) is 1.63. The maximum absolute atomic E-state index is 12.0. The first-order valence-electron chi connectivity index (χ1n) is 8.20. The Morgan fingerprint density at radius 1 is 1.19 bits per heavy atom. The van der Waals surface area contributed by atoms with Crippen molar-refractivity contribution in [3.05, 3.63) is 0 Å². The molecule has 21 heavy (non-hydrogen) atoms. The van der Waals surface area contributed by atoms with Crippen molar-refractivity contribution in [1.82, 2.24) is 5.32 Å². The first-order chi connectivity index (χ1) is 10.0. The van der Waals surface area contributed by atoms with Crippen LogP contribution in [0.3, 0.4) is 0 Å². The highest BCUT2D eigenvalue weighted by atomic mass is 16.5. The number of hydrogen-bond donors (Lipinski definition) is 2. The normalized spacial score (nSPS) is 38.2. The lowest BCUT2D eigenvalue weighted by Gasteiger charge is -2.58. The molecule has 4 aliphatic carbocycles. The number of ether oxygens (including phenoxy) is 1. The molecule has 4 fully saturated rings. The lowest BCUT2D eigenvalue weighted by molar-refractivity contribution is -0.143. The predicted molar refractivity (Wildman–Crippen MR) is 78.2 cm³/mol. The number of carbonyl (C=O) groups excluding carboxylic acids is 2. The summed E-state index contributed by atoms with van der Waals surface area (Å²) in [7, 11) is 0. The minimum atomic E-state index is -0.393. The number of nitrogens with two attached hydrogens (primary N) is 1. The molecule has 0 aliphatic heterocycles. The highest BCUT2D eigenvalue weighted by Crippen LogP contribution is 2.61. The van der Waals surface area contributed by atoms with E-state index >= 15 is 0 Å². The van der Waals surface area contributed by atoms with Gasteiger partial charge < -0.3 is 10.5 Å². The average molecular weight is 294 g/mol. The van der Waals surface area contributed by atoms with Crippen LogP contribution in [-0.2, 0) is 14.3 Å². The first-order valence-corrected chi connectivity index (χ1v) is 8.20. The van der Waals surface area contributed by atoms with Gasteiger partial charge in [-0.2, -0.15) is 0 Å². The van der Waals surface area contributed by atoms with Gasteiger partial charge in [-0.25, -0.2) is 0 Å². The van der Waals surface area contributed by atoms with Gasteiger partial charge in [0.05, 0.1) is 19.2 Å². The standard InChI is InChI=1S/C16H26N2O3/c1-2-21-13(19)9-18-14(15(17)20)16-6-10-3-11(7-16)5-12(4-10)8-16/h10-12,14,18H,2-9H2,1H3,(H2,17,20). The van der Waals surface area contributed by atoms with Crippen LogP contribution >= 0.6 is 0 Å². The maximum atomic E-state index is 12.0. The molecular weight excluding hydrogens is 268 g/mol. The van der Waals surface area contributed by atoms with Crippen LogP contribution in [0.2, 0.25) is 0 Å². The Kier molecular flexibility index (Phi) is 3.95. The van der Waals surface area contributed by atoms with E-state index in [1.54, 1.807) is 6.92 Å². The quantitative estimate of drug-likeness (QED) is 0.721. The Morgan fingerprint density at radius 3 is 2.14 bits per heavy atom. The van der Waals surface area contributed by atoms with Crippen molar-refractivity contribution >= 4 is 11.9 Å². The van der Waals surface area contributed by atoms with Gasteiger partial charge in [-0.05, 0) is 68.6 Å².